The molecule has 0 aliphatic heterocycles. The van der Waals surface area contributed by atoms with E-state index in [0.29, 0.717) is 6.20 Å². The van der Waals surface area contributed by atoms with Crippen LogP contribution in [-0.4, -0.2) is 17.6 Å². The van der Waals surface area contributed by atoms with Crippen molar-refractivity contribution >= 4 is 5.97 Å². The Balaban J connectivity index is 3.15. The molecule has 0 N–H and O–H groups in total. The molecule has 19 heavy (non-hydrogen) atoms. The van der Waals surface area contributed by atoms with E-state index in [9.17, 15) is 18.0 Å². The van der Waals surface area contributed by atoms with Crippen LogP contribution < -0.4 is 0 Å². The Labute approximate surface area is 107 Å². The van der Waals surface area contributed by atoms with Crippen LogP contribution in [0.25, 0.3) is 0 Å². The highest BCUT2D eigenvalue weighted by molar-refractivity contribution is 5.85. The van der Waals surface area contributed by atoms with Crippen molar-refractivity contribution in [2.75, 3.05) is 6.61 Å². The minimum atomic E-state index is -4.52. The number of nitriles is 1. The summed E-state index contributed by atoms with van der Waals surface area (Å²) in [6.07, 6.45) is -3.93. The molecule has 1 atom stereocenters. The standard InChI is InChI=1S/C12H11F3N2O2/c1-3-19-10(18)11(2,7-16)9-5-4-8(6-17-9)12(13,14)15/h4-6H,3H2,1-2H3. The average molecular weight is 272 g/mol. The Bertz CT molecular complexity index is 505. The maximum Gasteiger partial charge on any atom is 0.417 e. The molecular weight excluding hydrogens is 261 g/mol. The molecule has 0 saturated carbocycles. The zero-order valence-electron chi connectivity index (χ0n) is 10.3. The number of ether oxygens (including phenoxy) is 1. The zero-order valence-corrected chi connectivity index (χ0v) is 10.3. The largest absolute Gasteiger partial charge is 0.465 e. The number of nitrogens with zero attached hydrogens (tertiary/aromatic N) is 2. The van der Waals surface area contributed by atoms with Gasteiger partial charge in [0.2, 0.25) is 0 Å². The normalized spacial score (nSPS) is 14.3. The lowest BCUT2D eigenvalue weighted by molar-refractivity contribution is -0.147. The molecule has 102 valence electrons. The number of carbonyl (C=O) groups is 1. The van der Waals surface area contributed by atoms with E-state index in [2.05, 4.69) is 4.98 Å². The molecule has 1 unspecified atom stereocenters. The third-order valence-corrected chi connectivity index (χ3v) is 2.51. The Hall–Kier alpha value is -2.10. The van der Waals surface area contributed by atoms with E-state index in [4.69, 9.17) is 10.00 Å². The summed E-state index contributed by atoms with van der Waals surface area (Å²) in [4.78, 5) is 15.2. The van der Waals surface area contributed by atoms with E-state index < -0.39 is 23.1 Å². The number of halogens is 3. The Kier molecular flexibility index (Phi) is 4.14. The average Bonchev–Trinajstić information content (AvgIpc) is 2.37. The minimum Gasteiger partial charge on any atom is -0.465 e. The van der Waals surface area contributed by atoms with Gasteiger partial charge in [-0.05, 0) is 26.0 Å². The molecule has 0 bridgehead atoms. The summed E-state index contributed by atoms with van der Waals surface area (Å²) < 4.78 is 41.9. The summed E-state index contributed by atoms with van der Waals surface area (Å²) in [6, 6.07) is 3.50. The molecule has 0 fully saturated rings. The fourth-order valence-electron chi connectivity index (χ4n) is 1.34. The number of alkyl halides is 3. The fourth-order valence-corrected chi connectivity index (χ4v) is 1.34. The predicted molar refractivity (Wildman–Crippen MR) is 58.8 cm³/mol. The lowest BCUT2D eigenvalue weighted by atomic mass is 9.88. The summed E-state index contributed by atoms with van der Waals surface area (Å²) >= 11 is 0. The van der Waals surface area contributed by atoms with Crippen molar-refractivity contribution in [1.29, 1.82) is 5.26 Å². The number of hydrogen-bond acceptors (Lipinski definition) is 4. The molecule has 0 aromatic carbocycles. The van der Waals surface area contributed by atoms with E-state index >= 15 is 0 Å². The highest BCUT2D eigenvalue weighted by atomic mass is 19.4. The van der Waals surface area contributed by atoms with Crippen LogP contribution in [0, 0.1) is 11.3 Å². The van der Waals surface area contributed by atoms with Gasteiger partial charge < -0.3 is 4.74 Å². The molecule has 0 aliphatic carbocycles. The summed E-state index contributed by atoms with van der Waals surface area (Å²) in [6.45, 7) is 2.88. The first kappa shape index (κ1) is 15.0. The first-order chi connectivity index (χ1) is 8.75. The number of hydrogen-bond donors (Lipinski definition) is 0. The van der Waals surface area contributed by atoms with Crippen LogP contribution in [0.3, 0.4) is 0 Å². The molecule has 0 saturated heterocycles. The highest BCUT2D eigenvalue weighted by Crippen LogP contribution is 2.30. The van der Waals surface area contributed by atoms with E-state index in [1.807, 2.05) is 0 Å². The molecule has 0 radical (unpaired) electrons. The van der Waals surface area contributed by atoms with Crippen LogP contribution in [0.15, 0.2) is 18.3 Å². The molecule has 0 spiro atoms. The molecule has 0 amide bonds. The van der Waals surface area contributed by atoms with E-state index in [-0.39, 0.29) is 12.3 Å². The molecule has 1 aromatic rings. The van der Waals surface area contributed by atoms with Gasteiger partial charge >= 0.3 is 12.1 Å². The van der Waals surface area contributed by atoms with Gasteiger partial charge in [0, 0.05) is 6.20 Å². The summed E-state index contributed by atoms with van der Waals surface area (Å²) in [5.74, 6) is -0.843. The maximum atomic E-state index is 12.4. The van der Waals surface area contributed by atoms with E-state index in [1.165, 1.54) is 6.92 Å². The number of rotatable bonds is 3. The number of aromatic nitrogens is 1. The third-order valence-electron chi connectivity index (χ3n) is 2.51. The van der Waals surface area contributed by atoms with Crippen LogP contribution in [-0.2, 0) is 21.1 Å². The first-order valence-corrected chi connectivity index (χ1v) is 5.38. The second kappa shape index (κ2) is 5.26. The van der Waals surface area contributed by atoms with Crippen molar-refractivity contribution in [2.24, 2.45) is 0 Å². The molecule has 0 aliphatic rings. The topological polar surface area (TPSA) is 63.0 Å². The first-order valence-electron chi connectivity index (χ1n) is 5.38. The van der Waals surface area contributed by atoms with Crippen molar-refractivity contribution in [3.8, 4) is 6.07 Å². The minimum absolute atomic E-state index is 0.0662. The lowest BCUT2D eigenvalue weighted by Gasteiger charge is -2.19. The van der Waals surface area contributed by atoms with Crippen LogP contribution in [0.2, 0.25) is 0 Å². The van der Waals surface area contributed by atoms with Crippen LogP contribution in [0.5, 0.6) is 0 Å². The Morgan fingerprint density at radius 1 is 1.47 bits per heavy atom. The predicted octanol–water partition coefficient (Wildman–Crippen LogP) is 2.44. The zero-order chi connectivity index (χ0) is 14.7. The smallest absolute Gasteiger partial charge is 0.417 e. The van der Waals surface area contributed by atoms with Crippen molar-refractivity contribution in [3.05, 3.63) is 29.6 Å². The van der Waals surface area contributed by atoms with E-state index in [1.54, 1.807) is 13.0 Å². The molecule has 1 rings (SSSR count). The lowest BCUT2D eigenvalue weighted by Crippen LogP contribution is -2.34. The molecule has 1 heterocycles. The van der Waals surface area contributed by atoms with E-state index in [0.717, 1.165) is 12.1 Å². The monoisotopic (exact) mass is 272 g/mol. The van der Waals surface area contributed by atoms with Crippen LogP contribution in [0.4, 0.5) is 13.2 Å². The van der Waals surface area contributed by atoms with Gasteiger partial charge in [-0.25, -0.2) is 4.79 Å². The molecule has 4 nitrogen and oxygen atoms in total. The quantitative estimate of drug-likeness (QED) is 0.793. The number of pyridine rings is 1. The molecule has 7 heteroatoms. The molecule has 1 aromatic heterocycles. The van der Waals surface area contributed by atoms with Gasteiger partial charge in [-0.1, -0.05) is 0 Å². The van der Waals surface area contributed by atoms with Gasteiger partial charge in [0.1, 0.15) is 0 Å². The van der Waals surface area contributed by atoms with Crippen LogP contribution >= 0.6 is 0 Å². The van der Waals surface area contributed by atoms with Gasteiger partial charge in [-0.3, -0.25) is 4.98 Å². The van der Waals surface area contributed by atoms with Crippen molar-refractivity contribution in [2.45, 2.75) is 25.4 Å². The highest BCUT2D eigenvalue weighted by Gasteiger charge is 2.39. The third kappa shape index (κ3) is 3.02. The Morgan fingerprint density at radius 2 is 2.11 bits per heavy atom. The number of carbonyl (C=O) groups excluding carboxylic acids is 1. The van der Waals surface area contributed by atoms with Crippen molar-refractivity contribution in [3.63, 3.8) is 0 Å². The fraction of sp³-hybridized carbons (Fsp3) is 0.417. The van der Waals surface area contributed by atoms with Gasteiger partial charge in [0.25, 0.3) is 0 Å². The van der Waals surface area contributed by atoms with Gasteiger partial charge in [0.15, 0.2) is 5.41 Å². The van der Waals surface area contributed by atoms with Gasteiger partial charge in [-0.15, -0.1) is 0 Å². The second-order valence-corrected chi connectivity index (χ2v) is 3.89. The second-order valence-electron chi connectivity index (χ2n) is 3.89. The van der Waals surface area contributed by atoms with Gasteiger partial charge in [-0.2, -0.15) is 18.4 Å². The maximum absolute atomic E-state index is 12.4. The molecular formula is C12H11F3N2O2. The van der Waals surface area contributed by atoms with Gasteiger partial charge in [0.05, 0.1) is 23.9 Å². The summed E-state index contributed by atoms with van der Waals surface area (Å²) in [5.41, 5.74) is -2.75. The van der Waals surface area contributed by atoms with Crippen LogP contribution in [0.1, 0.15) is 25.1 Å². The van der Waals surface area contributed by atoms with Crippen molar-refractivity contribution < 1.29 is 22.7 Å². The number of esters is 1. The SMILES string of the molecule is CCOC(=O)C(C)(C#N)c1ccc(C(F)(F)F)cn1. The summed E-state index contributed by atoms with van der Waals surface area (Å²) in [5, 5.41) is 9.05. The van der Waals surface area contributed by atoms with Crippen molar-refractivity contribution in [1.82, 2.24) is 4.98 Å². The Morgan fingerprint density at radius 3 is 2.47 bits per heavy atom. The summed E-state index contributed by atoms with van der Waals surface area (Å²) in [7, 11) is 0.